The third kappa shape index (κ3) is 4.19. The average Bonchev–Trinajstić information content (AvgIpc) is 3.14. The zero-order valence-corrected chi connectivity index (χ0v) is 15.2. The van der Waals surface area contributed by atoms with Gasteiger partial charge in [-0.15, -0.1) is 0 Å². The molecule has 138 valence electrons. The standard InChI is InChI=1S/C18H23N5O3/c1-18(2,3)21-17-19-11-13(12-20-17)15(24)22-6-8-23(9-7-22)16(25)14-5-4-10-26-14/h4-5,10-12H,6-9H2,1-3H3,(H,19,20,21). The maximum Gasteiger partial charge on any atom is 0.289 e. The fourth-order valence-electron chi connectivity index (χ4n) is 2.69. The predicted octanol–water partition coefficient (Wildman–Crippen LogP) is 1.88. The second-order valence-corrected chi connectivity index (χ2v) is 7.23. The van der Waals surface area contributed by atoms with Crippen LogP contribution in [0, 0.1) is 0 Å². The highest BCUT2D eigenvalue weighted by Crippen LogP contribution is 2.13. The number of hydrogen-bond acceptors (Lipinski definition) is 6. The van der Waals surface area contributed by atoms with E-state index in [9.17, 15) is 9.59 Å². The lowest BCUT2D eigenvalue weighted by Gasteiger charge is -2.34. The van der Waals surface area contributed by atoms with Crippen LogP contribution in [0.1, 0.15) is 41.7 Å². The number of carbonyl (C=O) groups excluding carboxylic acids is 2. The molecule has 0 aliphatic carbocycles. The van der Waals surface area contributed by atoms with Gasteiger partial charge in [-0.3, -0.25) is 9.59 Å². The Morgan fingerprint density at radius 3 is 2.12 bits per heavy atom. The van der Waals surface area contributed by atoms with E-state index in [1.54, 1.807) is 21.9 Å². The Balaban J connectivity index is 1.57. The molecule has 3 rings (SSSR count). The number of hydrogen-bond donors (Lipinski definition) is 1. The monoisotopic (exact) mass is 357 g/mol. The van der Waals surface area contributed by atoms with Crippen LogP contribution < -0.4 is 5.32 Å². The largest absolute Gasteiger partial charge is 0.459 e. The lowest BCUT2D eigenvalue weighted by molar-refractivity contribution is 0.0517. The van der Waals surface area contributed by atoms with Gasteiger partial charge in [0.05, 0.1) is 11.8 Å². The van der Waals surface area contributed by atoms with Crippen molar-refractivity contribution in [2.24, 2.45) is 0 Å². The summed E-state index contributed by atoms with van der Waals surface area (Å²) in [6, 6.07) is 3.33. The molecule has 2 aromatic rings. The molecule has 8 nitrogen and oxygen atoms in total. The van der Waals surface area contributed by atoms with Gasteiger partial charge < -0.3 is 19.5 Å². The van der Waals surface area contributed by atoms with Gasteiger partial charge in [-0.1, -0.05) is 0 Å². The molecule has 0 unspecified atom stereocenters. The van der Waals surface area contributed by atoms with Gasteiger partial charge in [0.15, 0.2) is 5.76 Å². The molecule has 2 aromatic heterocycles. The molecule has 0 spiro atoms. The number of aromatic nitrogens is 2. The molecule has 1 saturated heterocycles. The minimum absolute atomic E-state index is 0.127. The van der Waals surface area contributed by atoms with Crippen molar-refractivity contribution in [2.75, 3.05) is 31.5 Å². The fourth-order valence-corrected chi connectivity index (χ4v) is 2.69. The van der Waals surface area contributed by atoms with Gasteiger partial charge in [0.1, 0.15) is 0 Å². The van der Waals surface area contributed by atoms with Gasteiger partial charge in [-0.2, -0.15) is 0 Å². The highest BCUT2D eigenvalue weighted by Gasteiger charge is 2.27. The van der Waals surface area contributed by atoms with Crippen LogP contribution in [-0.2, 0) is 0 Å². The maximum atomic E-state index is 12.6. The van der Waals surface area contributed by atoms with E-state index in [2.05, 4.69) is 15.3 Å². The number of nitrogens with one attached hydrogen (secondary N) is 1. The number of nitrogens with zero attached hydrogens (tertiary/aromatic N) is 4. The summed E-state index contributed by atoms with van der Waals surface area (Å²) in [4.78, 5) is 36.7. The average molecular weight is 357 g/mol. The first-order valence-corrected chi connectivity index (χ1v) is 8.56. The van der Waals surface area contributed by atoms with Gasteiger partial charge in [-0.05, 0) is 32.9 Å². The van der Waals surface area contributed by atoms with E-state index in [1.165, 1.54) is 18.7 Å². The Morgan fingerprint density at radius 1 is 1.04 bits per heavy atom. The van der Waals surface area contributed by atoms with Crippen molar-refractivity contribution in [1.82, 2.24) is 19.8 Å². The Hall–Kier alpha value is -2.90. The molecule has 3 heterocycles. The van der Waals surface area contributed by atoms with Crippen molar-refractivity contribution in [3.05, 3.63) is 42.1 Å². The minimum atomic E-state index is -0.150. The number of furan rings is 1. The number of amides is 2. The highest BCUT2D eigenvalue weighted by atomic mass is 16.3. The zero-order chi connectivity index (χ0) is 18.7. The highest BCUT2D eigenvalue weighted by molar-refractivity contribution is 5.94. The van der Waals surface area contributed by atoms with Crippen LogP contribution in [0.4, 0.5) is 5.95 Å². The van der Waals surface area contributed by atoms with Crippen molar-refractivity contribution in [3.8, 4) is 0 Å². The van der Waals surface area contributed by atoms with Crippen LogP contribution in [-0.4, -0.2) is 63.3 Å². The molecule has 1 aliphatic heterocycles. The molecule has 0 saturated carbocycles. The molecule has 2 amide bonds. The molecule has 8 heteroatoms. The first-order valence-electron chi connectivity index (χ1n) is 8.56. The summed E-state index contributed by atoms with van der Waals surface area (Å²) in [5, 5.41) is 3.16. The Kier molecular flexibility index (Phi) is 4.92. The number of anilines is 1. The topological polar surface area (TPSA) is 91.6 Å². The van der Waals surface area contributed by atoms with Gasteiger partial charge in [0.25, 0.3) is 11.8 Å². The van der Waals surface area contributed by atoms with E-state index in [0.29, 0.717) is 43.5 Å². The predicted molar refractivity (Wildman–Crippen MR) is 95.9 cm³/mol. The molecule has 26 heavy (non-hydrogen) atoms. The number of piperazine rings is 1. The lowest BCUT2D eigenvalue weighted by atomic mass is 10.1. The van der Waals surface area contributed by atoms with E-state index in [4.69, 9.17) is 4.42 Å². The Bertz CT molecular complexity index is 757. The summed E-state index contributed by atoms with van der Waals surface area (Å²) < 4.78 is 5.14. The minimum Gasteiger partial charge on any atom is -0.459 e. The van der Waals surface area contributed by atoms with Gasteiger partial charge in [0.2, 0.25) is 5.95 Å². The van der Waals surface area contributed by atoms with Crippen molar-refractivity contribution in [3.63, 3.8) is 0 Å². The number of carbonyl (C=O) groups is 2. The third-order valence-corrected chi connectivity index (χ3v) is 3.97. The lowest BCUT2D eigenvalue weighted by Crippen LogP contribution is -2.50. The Morgan fingerprint density at radius 2 is 1.62 bits per heavy atom. The molecular formula is C18H23N5O3. The van der Waals surface area contributed by atoms with E-state index >= 15 is 0 Å². The normalized spacial score (nSPS) is 15.0. The Labute approximate surface area is 152 Å². The van der Waals surface area contributed by atoms with Crippen LogP contribution in [0.2, 0.25) is 0 Å². The molecule has 0 radical (unpaired) electrons. The van der Waals surface area contributed by atoms with E-state index in [1.807, 2.05) is 20.8 Å². The second-order valence-electron chi connectivity index (χ2n) is 7.23. The summed E-state index contributed by atoms with van der Waals surface area (Å²) >= 11 is 0. The second kappa shape index (κ2) is 7.15. The molecular weight excluding hydrogens is 334 g/mol. The summed E-state index contributed by atoms with van der Waals surface area (Å²) in [5.74, 6) is 0.531. The molecule has 0 atom stereocenters. The van der Waals surface area contributed by atoms with E-state index in [0.717, 1.165) is 0 Å². The summed E-state index contributed by atoms with van der Waals surface area (Å²) in [5.41, 5.74) is 0.290. The summed E-state index contributed by atoms with van der Waals surface area (Å²) in [7, 11) is 0. The molecule has 1 fully saturated rings. The van der Waals surface area contributed by atoms with Crippen molar-refractivity contribution in [2.45, 2.75) is 26.3 Å². The smallest absolute Gasteiger partial charge is 0.289 e. The van der Waals surface area contributed by atoms with E-state index in [-0.39, 0.29) is 17.4 Å². The maximum absolute atomic E-state index is 12.6. The van der Waals surface area contributed by atoms with Crippen LogP contribution in [0.25, 0.3) is 0 Å². The first kappa shape index (κ1) is 17.9. The molecule has 0 bridgehead atoms. The van der Waals surface area contributed by atoms with E-state index < -0.39 is 0 Å². The van der Waals surface area contributed by atoms with Crippen molar-refractivity contribution >= 4 is 17.8 Å². The number of rotatable bonds is 3. The molecule has 1 N–H and O–H groups in total. The van der Waals surface area contributed by atoms with Crippen molar-refractivity contribution in [1.29, 1.82) is 0 Å². The SMILES string of the molecule is CC(C)(C)Nc1ncc(C(=O)N2CCN(C(=O)c3ccco3)CC2)cn1. The van der Waals surface area contributed by atoms with Crippen molar-refractivity contribution < 1.29 is 14.0 Å². The van der Waals surface area contributed by atoms with Crippen LogP contribution in [0.15, 0.2) is 35.2 Å². The summed E-state index contributed by atoms with van der Waals surface area (Å²) in [6.45, 7) is 7.91. The summed E-state index contributed by atoms with van der Waals surface area (Å²) in [6.07, 6.45) is 4.54. The fraction of sp³-hybridized carbons (Fsp3) is 0.444. The third-order valence-electron chi connectivity index (χ3n) is 3.97. The van der Waals surface area contributed by atoms with Gasteiger partial charge in [0, 0.05) is 44.1 Å². The van der Waals surface area contributed by atoms with Crippen LogP contribution >= 0.6 is 0 Å². The van der Waals surface area contributed by atoms with Crippen LogP contribution in [0.3, 0.4) is 0 Å². The zero-order valence-electron chi connectivity index (χ0n) is 15.2. The van der Waals surface area contributed by atoms with Gasteiger partial charge >= 0.3 is 0 Å². The van der Waals surface area contributed by atoms with Gasteiger partial charge in [-0.25, -0.2) is 9.97 Å². The van der Waals surface area contributed by atoms with Crippen LogP contribution in [0.5, 0.6) is 0 Å². The quantitative estimate of drug-likeness (QED) is 0.902. The first-order chi connectivity index (χ1) is 12.3. The molecule has 0 aromatic carbocycles. The molecule has 1 aliphatic rings.